The number of benzene rings is 2. The number of esters is 1. The van der Waals surface area contributed by atoms with Gasteiger partial charge in [-0.05, 0) is 42.7 Å². The summed E-state index contributed by atoms with van der Waals surface area (Å²) in [4.78, 5) is 12.2. The lowest BCUT2D eigenvalue weighted by atomic mass is 9.99. The van der Waals surface area contributed by atoms with Crippen LogP contribution in [0.15, 0.2) is 42.5 Å². The van der Waals surface area contributed by atoms with Crippen molar-refractivity contribution in [1.29, 1.82) is 5.26 Å². The number of nitriles is 1. The number of carbonyl (C=O) groups excluding carboxylic acids is 1. The summed E-state index contributed by atoms with van der Waals surface area (Å²) in [6, 6.07) is 14.2. The van der Waals surface area contributed by atoms with Crippen LogP contribution in [-0.2, 0) is 6.42 Å². The first-order valence-electron chi connectivity index (χ1n) is 6.75. The molecule has 0 fully saturated rings. The highest BCUT2D eigenvalue weighted by atomic mass is 16.5. The van der Waals surface area contributed by atoms with E-state index in [2.05, 4.69) is 6.07 Å². The highest BCUT2D eigenvalue weighted by molar-refractivity contribution is 5.92. The third-order valence-corrected chi connectivity index (χ3v) is 3.31. The van der Waals surface area contributed by atoms with Crippen molar-refractivity contribution in [3.05, 3.63) is 59.2 Å². The van der Waals surface area contributed by atoms with Crippen LogP contribution in [0.5, 0.6) is 11.5 Å². The third kappa shape index (κ3) is 2.72. The Hall–Kier alpha value is -2.80. The van der Waals surface area contributed by atoms with Gasteiger partial charge >= 0.3 is 5.97 Å². The highest BCUT2D eigenvalue weighted by Gasteiger charge is 2.19. The molecule has 0 unspecified atom stereocenters. The molecule has 0 aliphatic carbocycles. The van der Waals surface area contributed by atoms with Crippen LogP contribution in [0.3, 0.4) is 0 Å². The molecule has 0 saturated heterocycles. The van der Waals surface area contributed by atoms with Gasteiger partial charge in [-0.1, -0.05) is 18.2 Å². The lowest BCUT2D eigenvalue weighted by Gasteiger charge is -2.19. The molecule has 1 aliphatic heterocycles. The predicted molar refractivity (Wildman–Crippen MR) is 76.4 cm³/mol. The van der Waals surface area contributed by atoms with E-state index in [1.54, 1.807) is 30.3 Å². The summed E-state index contributed by atoms with van der Waals surface area (Å²) in [5, 5.41) is 9.21. The Morgan fingerprint density at radius 1 is 1.24 bits per heavy atom. The van der Waals surface area contributed by atoms with E-state index in [0.717, 1.165) is 18.4 Å². The van der Waals surface area contributed by atoms with Crippen LogP contribution in [-0.4, -0.2) is 12.6 Å². The summed E-state index contributed by atoms with van der Waals surface area (Å²) < 4.78 is 10.8. The maximum Gasteiger partial charge on any atom is 0.343 e. The number of nitrogens with zero attached hydrogens (tertiary/aromatic N) is 1. The molecule has 0 bridgehead atoms. The van der Waals surface area contributed by atoms with Crippen molar-refractivity contribution in [2.75, 3.05) is 6.61 Å². The Bertz CT molecular complexity index is 717. The lowest BCUT2D eigenvalue weighted by Crippen LogP contribution is -2.14. The first-order valence-corrected chi connectivity index (χ1v) is 6.75. The van der Waals surface area contributed by atoms with Crippen LogP contribution in [0.1, 0.15) is 27.9 Å². The molecule has 3 rings (SSSR count). The van der Waals surface area contributed by atoms with E-state index < -0.39 is 5.97 Å². The largest absolute Gasteiger partial charge is 0.492 e. The standard InChI is InChI=1S/C17H13NO3/c18-11-14-10-13(9-12-5-4-8-20-16(12)14)17(19)21-15-6-2-1-3-7-15/h1-3,6-7,9-10H,4-5,8H2. The number of ether oxygens (including phenoxy) is 2. The van der Waals surface area contributed by atoms with Gasteiger partial charge in [0.2, 0.25) is 0 Å². The van der Waals surface area contributed by atoms with Crippen molar-refractivity contribution in [2.24, 2.45) is 0 Å². The minimum Gasteiger partial charge on any atom is -0.492 e. The summed E-state index contributed by atoms with van der Waals surface area (Å²) in [6.07, 6.45) is 1.69. The molecule has 21 heavy (non-hydrogen) atoms. The van der Waals surface area contributed by atoms with Crippen LogP contribution in [0.2, 0.25) is 0 Å². The monoisotopic (exact) mass is 279 g/mol. The van der Waals surface area contributed by atoms with E-state index in [0.29, 0.717) is 29.2 Å². The van der Waals surface area contributed by atoms with Gasteiger partial charge in [-0.15, -0.1) is 0 Å². The van der Waals surface area contributed by atoms with Crippen molar-refractivity contribution < 1.29 is 14.3 Å². The molecule has 0 radical (unpaired) electrons. The van der Waals surface area contributed by atoms with Crippen molar-refractivity contribution >= 4 is 5.97 Å². The van der Waals surface area contributed by atoms with Crippen molar-refractivity contribution in [3.8, 4) is 17.6 Å². The van der Waals surface area contributed by atoms with Crippen LogP contribution in [0.4, 0.5) is 0 Å². The number of aryl methyl sites for hydroxylation is 1. The van der Waals surface area contributed by atoms with Crippen LogP contribution in [0.25, 0.3) is 0 Å². The summed E-state index contributed by atoms with van der Waals surface area (Å²) >= 11 is 0. The van der Waals surface area contributed by atoms with Gasteiger partial charge in [-0.2, -0.15) is 5.26 Å². The molecular weight excluding hydrogens is 266 g/mol. The molecule has 0 saturated carbocycles. The van der Waals surface area contributed by atoms with E-state index in [9.17, 15) is 10.1 Å². The molecule has 2 aromatic carbocycles. The van der Waals surface area contributed by atoms with Gasteiger partial charge in [-0.25, -0.2) is 4.79 Å². The third-order valence-electron chi connectivity index (χ3n) is 3.31. The molecule has 2 aromatic rings. The Morgan fingerprint density at radius 3 is 2.81 bits per heavy atom. The minimum absolute atomic E-state index is 0.375. The second-order valence-corrected chi connectivity index (χ2v) is 4.78. The molecule has 104 valence electrons. The van der Waals surface area contributed by atoms with Crippen molar-refractivity contribution in [2.45, 2.75) is 12.8 Å². The first kappa shape index (κ1) is 13.2. The van der Waals surface area contributed by atoms with Gasteiger partial charge < -0.3 is 9.47 Å². The second kappa shape index (κ2) is 5.68. The lowest BCUT2D eigenvalue weighted by molar-refractivity contribution is 0.0734. The summed E-state index contributed by atoms with van der Waals surface area (Å²) in [5.41, 5.74) is 1.65. The fraction of sp³-hybridized carbons (Fsp3) is 0.176. The molecule has 0 aromatic heterocycles. The first-order chi connectivity index (χ1) is 10.3. The number of hydrogen-bond acceptors (Lipinski definition) is 4. The fourth-order valence-corrected chi connectivity index (χ4v) is 2.34. The van der Waals surface area contributed by atoms with Gasteiger partial charge in [0.15, 0.2) is 0 Å². The Morgan fingerprint density at radius 2 is 2.05 bits per heavy atom. The van der Waals surface area contributed by atoms with E-state index in [4.69, 9.17) is 9.47 Å². The van der Waals surface area contributed by atoms with Crippen LogP contribution in [0, 0.1) is 11.3 Å². The number of hydrogen-bond donors (Lipinski definition) is 0. The topological polar surface area (TPSA) is 59.3 Å². The minimum atomic E-state index is -0.467. The van der Waals surface area contributed by atoms with Gasteiger partial charge in [0, 0.05) is 0 Å². The van der Waals surface area contributed by atoms with Gasteiger partial charge in [-0.3, -0.25) is 0 Å². The van der Waals surface area contributed by atoms with Crippen LogP contribution >= 0.6 is 0 Å². The summed E-state index contributed by atoms with van der Waals surface area (Å²) in [7, 11) is 0. The van der Waals surface area contributed by atoms with E-state index in [1.165, 1.54) is 6.07 Å². The maximum atomic E-state index is 12.2. The average molecular weight is 279 g/mol. The Labute approximate surface area is 122 Å². The molecule has 4 heteroatoms. The van der Waals surface area contributed by atoms with E-state index in [1.807, 2.05) is 6.07 Å². The fourth-order valence-electron chi connectivity index (χ4n) is 2.34. The predicted octanol–water partition coefficient (Wildman–Crippen LogP) is 3.10. The Balaban J connectivity index is 1.92. The molecule has 1 heterocycles. The van der Waals surface area contributed by atoms with Gasteiger partial charge in [0.05, 0.1) is 17.7 Å². The zero-order valence-corrected chi connectivity index (χ0v) is 11.3. The number of para-hydroxylation sites is 1. The van der Waals surface area contributed by atoms with Crippen LogP contribution < -0.4 is 9.47 Å². The van der Waals surface area contributed by atoms with Gasteiger partial charge in [0.1, 0.15) is 17.6 Å². The average Bonchev–Trinajstić information content (AvgIpc) is 2.54. The maximum absolute atomic E-state index is 12.2. The second-order valence-electron chi connectivity index (χ2n) is 4.78. The van der Waals surface area contributed by atoms with Crippen molar-refractivity contribution in [1.82, 2.24) is 0 Å². The van der Waals surface area contributed by atoms with E-state index >= 15 is 0 Å². The molecular formula is C17H13NO3. The molecule has 0 atom stereocenters. The number of carbonyl (C=O) groups is 1. The van der Waals surface area contributed by atoms with Crippen molar-refractivity contribution in [3.63, 3.8) is 0 Å². The molecule has 4 nitrogen and oxygen atoms in total. The van der Waals surface area contributed by atoms with Gasteiger partial charge in [0.25, 0.3) is 0 Å². The number of fused-ring (bicyclic) bond motifs is 1. The molecule has 0 N–H and O–H groups in total. The summed E-state index contributed by atoms with van der Waals surface area (Å²) in [5.74, 6) is 0.612. The molecule has 0 spiro atoms. The molecule has 0 amide bonds. The normalized spacial score (nSPS) is 12.7. The Kier molecular flexibility index (Phi) is 3.57. The summed E-state index contributed by atoms with van der Waals surface area (Å²) in [6.45, 7) is 0.607. The molecule has 1 aliphatic rings. The quantitative estimate of drug-likeness (QED) is 0.626. The smallest absolute Gasteiger partial charge is 0.343 e. The highest BCUT2D eigenvalue weighted by Crippen LogP contribution is 2.30. The zero-order valence-electron chi connectivity index (χ0n) is 11.3. The van der Waals surface area contributed by atoms with E-state index in [-0.39, 0.29) is 0 Å². The SMILES string of the molecule is N#Cc1cc(C(=O)Oc2ccccc2)cc2c1OCCC2. The number of rotatable bonds is 2. The zero-order chi connectivity index (χ0) is 14.7.